The van der Waals surface area contributed by atoms with E-state index in [4.69, 9.17) is 0 Å². The van der Waals surface area contributed by atoms with Crippen molar-refractivity contribution in [2.45, 2.75) is 38.8 Å². The van der Waals surface area contributed by atoms with Gasteiger partial charge < -0.3 is 5.32 Å². The number of pyridine rings is 1. The Kier molecular flexibility index (Phi) is 4.95. The van der Waals surface area contributed by atoms with Gasteiger partial charge in [-0.2, -0.15) is 0 Å². The fourth-order valence-corrected chi connectivity index (χ4v) is 2.44. The van der Waals surface area contributed by atoms with E-state index >= 15 is 0 Å². The highest BCUT2D eigenvalue weighted by atomic mass is 15.1. The Morgan fingerprint density at radius 1 is 1.35 bits per heavy atom. The zero-order valence-corrected chi connectivity index (χ0v) is 10.7. The number of hydrogen-bond donors (Lipinski definition) is 1. The molecule has 0 unspecified atom stereocenters. The van der Waals surface area contributed by atoms with Crippen LogP contribution in [0.15, 0.2) is 24.5 Å². The average molecular weight is 233 g/mol. The van der Waals surface area contributed by atoms with Crippen LogP contribution in [0.3, 0.4) is 0 Å². The molecule has 0 saturated carbocycles. The lowest BCUT2D eigenvalue weighted by Gasteiger charge is -2.29. The van der Waals surface area contributed by atoms with E-state index in [1.807, 2.05) is 12.4 Å². The third-order valence-corrected chi connectivity index (χ3v) is 3.49. The Labute approximate surface area is 104 Å². The maximum atomic E-state index is 4.06. The molecule has 1 aromatic rings. The van der Waals surface area contributed by atoms with Crippen LogP contribution >= 0.6 is 0 Å². The van der Waals surface area contributed by atoms with E-state index in [9.17, 15) is 0 Å². The summed E-state index contributed by atoms with van der Waals surface area (Å²) in [6.45, 7) is 6.75. The maximum absolute atomic E-state index is 4.06. The van der Waals surface area contributed by atoms with Crippen LogP contribution in [0, 0.1) is 0 Å². The predicted molar refractivity (Wildman–Crippen MR) is 70.8 cm³/mol. The van der Waals surface area contributed by atoms with Gasteiger partial charge in [-0.15, -0.1) is 0 Å². The SMILES string of the molecule is CCN(Cc1ccncc1)C[C@H]1CCCCN1. The fourth-order valence-electron chi connectivity index (χ4n) is 2.44. The average Bonchev–Trinajstić information content (AvgIpc) is 2.40. The zero-order chi connectivity index (χ0) is 11.9. The van der Waals surface area contributed by atoms with Gasteiger partial charge in [-0.05, 0) is 43.6 Å². The molecule has 0 bridgehead atoms. The molecule has 1 fully saturated rings. The molecule has 1 atom stereocenters. The van der Waals surface area contributed by atoms with Crippen LogP contribution in [0.1, 0.15) is 31.7 Å². The van der Waals surface area contributed by atoms with Crippen LogP contribution in [0.4, 0.5) is 0 Å². The second kappa shape index (κ2) is 6.72. The van der Waals surface area contributed by atoms with E-state index in [1.54, 1.807) is 0 Å². The van der Waals surface area contributed by atoms with Crippen LogP contribution < -0.4 is 5.32 Å². The van der Waals surface area contributed by atoms with Gasteiger partial charge in [-0.25, -0.2) is 0 Å². The topological polar surface area (TPSA) is 28.2 Å². The standard InChI is InChI=1S/C14H23N3/c1-2-17(11-13-6-9-15-10-7-13)12-14-5-3-4-8-16-14/h6-7,9-10,14,16H,2-5,8,11-12H2,1H3/t14-/m1/s1. The molecule has 0 radical (unpaired) electrons. The normalized spacial score (nSPS) is 20.7. The minimum atomic E-state index is 0.686. The van der Waals surface area contributed by atoms with Gasteiger partial charge >= 0.3 is 0 Å². The summed E-state index contributed by atoms with van der Waals surface area (Å²) < 4.78 is 0. The number of rotatable bonds is 5. The van der Waals surface area contributed by atoms with Crippen LogP contribution in [0.5, 0.6) is 0 Å². The minimum absolute atomic E-state index is 0.686. The van der Waals surface area contributed by atoms with Gasteiger partial charge in [0.05, 0.1) is 0 Å². The lowest BCUT2D eigenvalue weighted by Crippen LogP contribution is -2.43. The first-order valence-corrected chi connectivity index (χ1v) is 6.73. The first kappa shape index (κ1) is 12.5. The molecule has 1 aliphatic heterocycles. The van der Waals surface area contributed by atoms with Crippen molar-refractivity contribution < 1.29 is 0 Å². The van der Waals surface area contributed by atoms with Crippen molar-refractivity contribution in [1.29, 1.82) is 0 Å². The molecule has 1 saturated heterocycles. The third kappa shape index (κ3) is 4.10. The van der Waals surface area contributed by atoms with E-state index in [2.05, 4.69) is 34.3 Å². The highest BCUT2D eigenvalue weighted by Crippen LogP contribution is 2.10. The Morgan fingerprint density at radius 2 is 2.18 bits per heavy atom. The van der Waals surface area contributed by atoms with Crippen molar-refractivity contribution >= 4 is 0 Å². The molecular weight excluding hydrogens is 210 g/mol. The molecule has 3 heteroatoms. The first-order chi connectivity index (χ1) is 8.38. The molecule has 0 aromatic carbocycles. The van der Waals surface area contributed by atoms with E-state index in [0.717, 1.165) is 13.1 Å². The lowest BCUT2D eigenvalue weighted by molar-refractivity contribution is 0.226. The van der Waals surface area contributed by atoms with Crippen molar-refractivity contribution in [2.75, 3.05) is 19.6 Å². The Hall–Kier alpha value is -0.930. The molecule has 2 rings (SSSR count). The number of likely N-dealkylation sites (N-methyl/N-ethyl adjacent to an activating group) is 1. The molecule has 17 heavy (non-hydrogen) atoms. The summed E-state index contributed by atoms with van der Waals surface area (Å²) in [6, 6.07) is 4.90. The molecule has 3 nitrogen and oxygen atoms in total. The van der Waals surface area contributed by atoms with Crippen molar-refractivity contribution in [3.63, 3.8) is 0 Å². The van der Waals surface area contributed by atoms with Gasteiger partial charge in [0.15, 0.2) is 0 Å². The van der Waals surface area contributed by atoms with Crippen LogP contribution in [-0.4, -0.2) is 35.6 Å². The molecule has 0 amide bonds. The molecule has 0 aliphatic carbocycles. The van der Waals surface area contributed by atoms with Crippen molar-refractivity contribution in [2.24, 2.45) is 0 Å². The van der Waals surface area contributed by atoms with Gasteiger partial charge in [0.2, 0.25) is 0 Å². The Morgan fingerprint density at radius 3 is 2.82 bits per heavy atom. The van der Waals surface area contributed by atoms with Crippen molar-refractivity contribution in [3.05, 3.63) is 30.1 Å². The summed E-state index contributed by atoms with van der Waals surface area (Å²) in [5, 5.41) is 3.62. The highest BCUT2D eigenvalue weighted by Gasteiger charge is 2.15. The highest BCUT2D eigenvalue weighted by molar-refractivity contribution is 5.09. The predicted octanol–water partition coefficient (Wildman–Crippen LogP) is 2.05. The quantitative estimate of drug-likeness (QED) is 0.843. The minimum Gasteiger partial charge on any atom is -0.313 e. The molecule has 94 valence electrons. The van der Waals surface area contributed by atoms with E-state index in [0.29, 0.717) is 6.04 Å². The number of piperidine rings is 1. The fraction of sp³-hybridized carbons (Fsp3) is 0.643. The number of nitrogens with one attached hydrogen (secondary N) is 1. The van der Waals surface area contributed by atoms with Crippen molar-refractivity contribution in [1.82, 2.24) is 15.2 Å². The van der Waals surface area contributed by atoms with E-state index in [-0.39, 0.29) is 0 Å². The van der Waals surface area contributed by atoms with Crippen LogP contribution in [0.25, 0.3) is 0 Å². The summed E-state index contributed by atoms with van der Waals surface area (Å²) >= 11 is 0. The largest absolute Gasteiger partial charge is 0.313 e. The monoisotopic (exact) mass is 233 g/mol. The van der Waals surface area contributed by atoms with Crippen LogP contribution in [0.2, 0.25) is 0 Å². The van der Waals surface area contributed by atoms with Gasteiger partial charge in [0, 0.05) is 31.5 Å². The summed E-state index contributed by atoms with van der Waals surface area (Å²) in [5.41, 5.74) is 1.36. The van der Waals surface area contributed by atoms with E-state index < -0.39 is 0 Å². The van der Waals surface area contributed by atoms with Gasteiger partial charge in [0.1, 0.15) is 0 Å². The first-order valence-electron chi connectivity index (χ1n) is 6.73. The number of aromatic nitrogens is 1. The molecule has 1 aromatic heterocycles. The van der Waals surface area contributed by atoms with Crippen LogP contribution in [-0.2, 0) is 6.54 Å². The zero-order valence-electron chi connectivity index (χ0n) is 10.7. The summed E-state index contributed by atoms with van der Waals surface area (Å²) in [7, 11) is 0. The lowest BCUT2D eigenvalue weighted by atomic mass is 10.0. The second-order valence-corrected chi connectivity index (χ2v) is 4.83. The Bertz CT molecular complexity index is 307. The molecule has 0 spiro atoms. The summed E-state index contributed by atoms with van der Waals surface area (Å²) in [4.78, 5) is 6.58. The molecule has 1 aliphatic rings. The summed E-state index contributed by atoms with van der Waals surface area (Å²) in [6.07, 6.45) is 7.80. The van der Waals surface area contributed by atoms with Gasteiger partial charge in [-0.3, -0.25) is 9.88 Å². The summed E-state index contributed by atoms with van der Waals surface area (Å²) in [5.74, 6) is 0. The third-order valence-electron chi connectivity index (χ3n) is 3.49. The molecule has 1 N–H and O–H groups in total. The number of nitrogens with zero attached hydrogens (tertiary/aromatic N) is 2. The maximum Gasteiger partial charge on any atom is 0.0271 e. The smallest absolute Gasteiger partial charge is 0.0271 e. The second-order valence-electron chi connectivity index (χ2n) is 4.83. The molecule has 2 heterocycles. The van der Waals surface area contributed by atoms with Gasteiger partial charge in [0.25, 0.3) is 0 Å². The van der Waals surface area contributed by atoms with Gasteiger partial charge in [-0.1, -0.05) is 13.3 Å². The molecular formula is C14H23N3. The van der Waals surface area contributed by atoms with E-state index in [1.165, 1.54) is 37.9 Å². The Balaban J connectivity index is 1.83. The van der Waals surface area contributed by atoms with Crippen molar-refractivity contribution in [3.8, 4) is 0 Å². The number of hydrogen-bond acceptors (Lipinski definition) is 3.